The predicted octanol–water partition coefficient (Wildman–Crippen LogP) is 9.13. The number of aryl methyl sites for hydroxylation is 1. The standard InChI is InChI=1S/C33H49NO3Si/c1-33(2,3)38(4,5)37-25-19-12-10-8-6-7-9-11-16-22-29-26-32(36-27-28-20-14-13-15-21-28)30-23-17-18-24-31(30)34(29)35/h13-15,17-18,20-21,23-24,26H,6-12,16,19,22,25,27H2,1-5H3. The molecule has 0 aliphatic rings. The first-order chi connectivity index (χ1) is 18.2. The Balaban J connectivity index is 1.35. The maximum absolute atomic E-state index is 13.0. The van der Waals surface area contributed by atoms with Gasteiger partial charge in [0.15, 0.2) is 14.0 Å². The van der Waals surface area contributed by atoms with Gasteiger partial charge in [0, 0.05) is 25.2 Å². The Kier molecular flexibility index (Phi) is 11.7. The van der Waals surface area contributed by atoms with Gasteiger partial charge in [-0.15, -0.1) is 0 Å². The molecule has 208 valence electrons. The minimum atomic E-state index is -1.59. The van der Waals surface area contributed by atoms with Gasteiger partial charge in [0.2, 0.25) is 5.52 Å². The largest absolute Gasteiger partial charge is 0.618 e. The fraction of sp³-hybridized carbons (Fsp3) is 0.545. The summed E-state index contributed by atoms with van der Waals surface area (Å²) in [6.07, 6.45) is 11.9. The van der Waals surface area contributed by atoms with Crippen molar-refractivity contribution in [3.8, 4) is 5.75 Å². The summed E-state index contributed by atoms with van der Waals surface area (Å²) in [7, 11) is -1.59. The Bertz CT molecular complexity index is 1110. The molecule has 3 aromatic rings. The Hall–Kier alpha value is -2.37. The summed E-state index contributed by atoms with van der Waals surface area (Å²) in [5.74, 6) is 0.793. The monoisotopic (exact) mass is 535 g/mol. The molecule has 3 rings (SSSR count). The Morgan fingerprint density at radius 2 is 1.34 bits per heavy atom. The zero-order valence-electron chi connectivity index (χ0n) is 24.4. The number of hydrogen-bond acceptors (Lipinski definition) is 3. The average molecular weight is 536 g/mol. The van der Waals surface area contributed by atoms with E-state index in [1.807, 2.05) is 48.5 Å². The zero-order chi connectivity index (χ0) is 27.4. The molecule has 0 spiro atoms. The summed E-state index contributed by atoms with van der Waals surface area (Å²) in [5.41, 5.74) is 2.60. The van der Waals surface area contributed by atoms with Gasteiger partial charge in [-0.05, 0) is 42.6 Å². The summed E-state index contributed by atoms with van der Waals surface area (Å²) in [5, 5.41) is 14.2. The quantitative estimate of drug-likeness (QED) is 0.0795. The van der Waals surface area contributed by atoms with Crippen molar-refractivity contribution < 1.29 is 13.9 Å². The van der Waals surface area contributed by atoms with E-state index in [1.54, 1.807) is 0 Å². The summed E-state index contributed by atoms with van der Waals surface area (Å²) in [6.45, 7) is 13.0. The molecule has 4 nitrogen and oxygen atoms in total. The number of fused-ring (bicyclic) bond motifs is 1. The highest BCUT2D eigenvalue weighted by atomic mass is 28.4. The fourth-order valence-corrected chi connectivity index (χ4v) is 5.61. The highest BCUT2D eigenvalue weighted by molar-refractivity contribution is 6.74. The SMILES string of the molecule is CC(C)(C)[Si](C)(C)OCCCCCCCCCCCc1cc(OCc2ccccc2)c2ccccc2[n+]1[O-]. The summed E-state index contributed by atoms with van der Waals surface area (Å²) < 4.78 is 13.6. The lowest BCUT2D eigenvalue weighted by atomic mass is 10.0. The van der Waals surface area contributed by atoms with Crippen molar-refractivity contribution in [3.63, 3.8) is 0 Å². The van der Waals surface area contributed by atoms with Gasteiger partial charge in [-0.2, -0.15) is 4.73 Å². The normalized spacial score (nSPS) is 12.2. The molecule has 0 amide bonds. The first-order valence-electron chi connectivity index (χ1n) is 14.6. The third-order valence-electron chi connectivity index (χ3n) is 8.03. The molecule has 38 heavy (non-hydrogen) atoms. The van der Waals surface area contributed by atoms with E-state index in [0.717, 1.165) is 53.0 Å². The van der Waals surface area contributed by atoms with Gasteiger partial charge in [-0.25, -0.2) is 0 Å². The molecule has 0 fully saturated rings. The number of hydrogen-bond donors (Lipinski definition) is 0. The number of nitrogens with zero attached hydrogens (tertiary/aromatic N) is 1. The molecule has 5 heteroatoms. The second-order valence-electron chi connectivity index (χ2n) is 12.1. The van der Waals surface area contributed by atoms with Crippen LogP contribution in [-0.4, -0.2) is 14.9 Å². The van der Waals surface area contributed by atoms with E-state index in [9.17, 15) is 5.21 Å². The highest BCUT2D eigenvalue weighted by Gasteiger charge is 2.36. The molecule has 0 N–H and O–H groups in total. The first-order valence-corrected chi connectivity index (χ1v) is 17.5. The van der Waals surface area contributed by atoms with Crippen LogP contribution < -0.4 is 9.47 Å². The smallest absolute Gasteiger partial charge is 0.227 e. The molecular formula is C33H49NO3Si. The minimum absolute atomic E-state index is 0.299. The third kappa shape index (κ3) is 9.13. The summed E-state index contributed by atoms with van der Waals surface area (Å²) >= 11 is 0. The zero-order valence-corrected chi connectivity index (χ0v) is 25.4. The predicted molar refractivity (Wildman–Crippen MR) is 162 cm³/mol. The van der Waals surface area contributed by atoms with Gasteiger partial charge < -0.3 is 14.4 Å². The molecule has 1 aromatic heterocycles. The van der Waals surface area contributed by atoms with Crippen molar-refractivity contribution in [1.29, 1.82) is 0 Å². The van der Waals surface area contributed by atoms with E-state index >= 15 is 0 Å². The lowest BCUT2D eigenvalue weighted by Crippen LogP contribution is -2.40. The molecule has 0 saturated heterocycles. The van der Waals surface area contributed by atoms with Crippen molar-refractivity contribution in [3.05, 3.63) is 77.1 Å². The van der Waals surface area contributed by atoms with Crippen molar-refractivity contribution in [1.82, 2.24) is 0 Å². The van der Waals surface area contributed by atoms with Gasteiger partial charge >= 0.3 is 0 Å². The van der Waals surface area contributed by atoms with E-state index in [-0.39, 0.29) is 0 Å². The third-order valence-corrected chi connectivity index (χ3v) is 12.6. The maximum Gasteiger partial charge on any atom is 0.227 e. The Morgan fingerprint density at radius 1 is 0.763 bits per heavy atom. The van der Waals surface area contributed by atoms with Crippen molar-refractivity contribution >= 4 is 19.2 Å². The molecule has 0 saturated carbocycles. The number of ether oxygens (including phenoxy) is 1. The van der Waals surface area contributed by atoms with Crippen LogP contribution in [0.5, 0.6) is 5.75 Å². The van der Waals surface area contributed by atoms with Crippen LogP contribution in [0.1, 0.15) is 89.8 Å². The lowest BCUT2D eigenvalue weighted by molar-refractivity contribution is -0.586. The number of rotatable bonds is 16. The number of unbranched alkanes of at least 4 members (excludes halogenated alkanes) is 8. The molecule has 0 bridgehead atoms. The van der Waals surface area contributed by atoms with Crippen LogP contribution >= 0.6 is 0 Å². The second kappa shape index (κ2) is 14.7. The van der Waals surface area contributed by atoms with Gasteiger partial charge in [-0.1, -0.05) is 108 Å². The lowest BCUT2D eigenvalue weighted by Gasteiger charge is -2.36. The number of aromatic nitrogens is 1. The van der Waals surface area contributed by atoms with Crippen LogP contribution in [0, 0.1) is 5.21 Å². The van der Waals surface area contributed by atoms with E-state index in [1.165, 1.54) is 44.9 Å². The van der Waals surface area contributed by atoms with Crippen LogP contribution in [0.4, 0.5) is 0 Å². The van der Waals surface area contributed by atoms with E-state index in [0.29, 0.717) is 17.2 Å². The second-order valence-corrected chi connectivity index (χ2v) is 16.9. The van der Waals surface area contributed by atoms with Crippen LogP contribution in [0.15, 0.2) is 60.7 Å². The van der Waals surface area contributed by atoms with Gasteiger partial charge in [0.05, 0.1) is 5.39 Å². The molecule has 2 aromatic carbocycles. The molecule has 0 atom stereocenters. The molecule has 0 aliphatic heterocycles. The Labute approximate surface area is 232 Å². The maximum atomic E-state index is 13.0. The van der Waals surface area contributed by atoms with Gasteiger partial charge in [0.1, 0.15) is 12.4 Å². The number of para-hydroxylation sites is 1. The van der Waals surface area contributed by atoms with Crippen LogP contribution in [0.25, 0.3) is 10.9 Å². The summed E-state index contributed by atoms with van der Waals surface area (Å²) in [4.78, 5) is 0. The molecule has 1 heterocycles. The number of benzene rings is 2. The van der Waals surface area contributed by atoms with Crippen LogP contribution in [0.3, 0.4) is 0 Å². The molecular weight excluding hydrogens is 486 g/mol. The van der Waals surface area contributed by atoms with Crippen LogP contribution in [0.2, 0.25) is 18.1 Å². The van der Waals surface area contributed by atoms with E-state index in [2.05, 4.69) is 46.0 Å². The highest BCUT2D eigenvalue weighted by Crippen LogP contribution is 2.36. The van der Waals surface area contributed by atoms with E-state index in [4.69, 9.17) is 9.16 Å². The topological polar surface area (TPSA) is 45.4 Å². The molecule has 0 aliphatic carbocycles. The van der Waals surface area contributed by atoms with Crippen molar-refractivity contribution in [2.75, 3.05) is 6.61 Å². The van der Waals surface area contributed by atoms with E-state index < -0.39 is 8.32 Å². The van der Waals surface area contributed by atoms with Crippen LogP contribution in [-0.2, 0) is 17.5 Å². The van der Waals surface area contributed by atoms with Crippen molar-refractivity contribution in [2.45, 2.75) is 110 Å². The fourth-order valence-electron chi connectivity index (χ4n) is 4.52. The van der Waals surface area contributed by atoms with Crippen molar-refractivity contribution in [2.24, 2.45) is 0 Å². The average Bonchev–Trinajstić information content (AvgIpc) is 2.89. The van der Waals surface area contributed by atoms with Gasteiger partial charge in [0.25, 0.3) is 0 Å². The number of pyridine rings is 1. The Morgan fingerprint density at radius 3 is 2.00 bits per heavy atom. The van der Waals surface area contributed by atoms with Gasteiger partial charge in [-0.3, -0.25) is 0 Å². The minimum Gasteiger partial charge on any atom is -0.618 e. The molecule has 0 radical (unpaired) electrons. The molecule has 0 unspecified atom stereocenters. The summed E-state index contributed by atoms with van der Waals surface area (Å²) in [6, 6.07) is 19.9. The first kappa shape index (κ1) is 30.2.